The SMILES string of the molecule is CC(=O)Nc1ccc(Oc2ccc(NC(N)=O)nc2)cc1. The highest BCUT2D eigenvalue weighted by molar-refractivity contribution is 5.88. The van der Waals surface area contributed by atoms with E-state index < -0.39 is 6.03 Å². The number of primary amides is 1. The van der Waals surface area contributed by atoms with Gasteiger partial charge in [-0.15, -0.1) is 0 Å². The first-order chi connectivity index (χ1) is 10.0. The van der Waals surface area contributed by atoms with Gasteiger partial charge in [0.25, 0.3) is 0 Å². The molecular weight excluding hydrogens is 272 g/mol. The number of aromatic nitrogens is 1. The molecule has 108 valence electrons. The summed E-state index contributed by atoms with van der Waals surface area (Å²) in [6.07, 6.45) is 1.47. The van der Waals surface area contributed by atoms with Crippen molar-refractivity contribution < 1.29 is 14.3 Å². The Labute approximate surface area is 121 Å². The average Bonchev–Trinajstić information content (AvgIpc) is 2.42. The number of amides is 3. The zero-order valence-electron chi connectivity index (χ0n) is 11.3. The Balaban J connectivity index is 2.01. The van der Waals surface area contributed by atoms with E-state index in [-0.39, 0.29) is 5.91 Å². The zero-order valence-corrected chi connectivity index (χ0v) is 11.3. The molecule has 0 fully saturated rings. The number of rotatable bonds is 4. The molecule has 21 heavy (non-hydrogen) atoms. The van der Waals surface area contributed by atoms with Crippen LogP contribution in [0, 0.1) is 0 Å². The fourth-order valence-corrected chi connectivity index (χ4v) is 1.59. The first-order valence-corrected chi connectivity index (χ1v) is 6.11. The van der Waals surface area contributed by atoms with E-state index in [0.717, 1.165) is 0 Å². The molecule has 4 N–H and O–H groups in total. The average molecular weight is 286 g/mol. The van der Waals surface area contributed by atoms with E-state index in [1.165, 1.54) is 13.1 Å². The lowest BCUT2D eigenvalue weighted by Gasteiger charge is -2.07. The molecule has 0 atom stereocenters. The predicted molar refractivity (Wildman–Crippen MR) is 78.3 cm³/mol. The van der Waals surface area contributed by atoms with Gasteiger partial charge < -0.3 is 15.8 Å². The number of benzene rings is 1. The number of hydrogen-bond acceptors (Lipinski definition) is 4. The molecule has 7 heteroatoms. The van der Waals surface area contributed by atoms with Crippen molar-refractivity contribution in [2.75, 3.05) is 10.6 Å². The smallest absolute Gasteiger partial charge is 0.317 e. The van der Waals surface area contributed by atoms with Crippen LogP contribution in [0.25, 0.3) is 0 Å². The summed E-state index contributed by atoms with van der Waals surface area (Å²) in [7, 11) is 0. The third-order valence-corrected chi connectivity index (χ3v) is 2.40. The topological polar surface area (TPSA) is 106 Å². The largest absolute Gasteiger partial charge is 0.456 e. The number of carbonyl (C=O) groups excluding carboxylic acids is 2. The van der Waals surface area contributed by atoms with Gasteiger partial charge in [0.2, 0.25) is 5.91 Å². The van der Waals surface area contributed by atoms with Crippen LogP contribution < -0.4 is 21.1 Å². The zero-order chi connectivity index (χ0) is 15.2. The van der Waals surface area contributed by atoms with E-state index in [9.17, 15) is 9.59 Å². The number of ether oxygens (including phenoxy) is 1. The summed E-state index contributed by atoms with van der Waals surface area (Å²) in [6, 6.07) is 9.46. The lowest BCUT2D eigenvalue weighted by atomic mass is 10.3. The summed E-state index contributed by atoms with van der Waals surface area (Å²) < 4.78 is 5.58. The maximum atomic E-state index is 10.9. The summed E-state index contributed by atoms with van der Waals surface area (Å²) in [4.78, 5) is 25.5. The molecule has 1 aromatic heterocycles. The van der Waals surface area contributed by atoms with Crippen molar-refractivity contribution >= 4 is 23.4 Å². The van der Waals surface area contributed by atoms with Crippen LogP contribution >= 0.6 is 0 Å². The standard InChI is InChI=1S/C14H14N4O3/c1-9(19)17-10-2-4-11(5-3-10)21-12-6-7-13(16-8-12)18-14(15)20/h2-8H,1H3,(H,17,19)(H3,15,16,18,20). The van der Waals surface area contributed by atoms with Gasteiger partial charge in [-0.25, -0.2) is 9.78 Å². The second-order valence-electron chi connectivity index (χ2n) is 4.18. The Hall–Kier alpha value is -3.09. The van der Waals surface area contributed by atoms with Crippen LogP contribution in [0.1, 0.15) is 6.92 Å². The first kappa shape index (κ1) is 14.3. The molecule has 0 aliphatic heterocycles. The quantitative estimate of drug-likeness (QED) is 0.801. The minimum absolute atomic E-state index is 0.134. The molecule has 0 saturated carbocycles. The van der Waals surface area contributed by atoms with Crippen molar-refractivity contribution in [3.63, 3.8) is 0 Å². The molecule has 0 radical (unpaired) electrons. The number of nitrogens with zero attached hydrogens (tertiary/aromatic N) is 1. The van der Waals surface area contributed by atoms with Gasteiger partial charge in [0.1, 0.15) is 17.3 Å². The molecule has 0 saturated heterocycles. The second-order valence-corrected chi connectivity index (χ2v) is 4.18. The summed E-state index contributed by atoms with van der Waals surface area (Å²) >= 11 is 0. The molecular formula is C14H14N4O3. The van der Waals surface area contributed by atoms with Crippen molar-refractivity contribution in [2.45, 2.75) is 6.92 Å². The number of nitrogens with two attached hydrogens (primary N) is 1. The molecule has 2 aromatic rings. The molecule has 0 aliphatic carbocycles. The third-order valence-electron chi connectivity index (χ3n) is 2.40. The van der Waals surface area contributed by atoms with Crippen molar-refractivity contribution in [2.24, 2.45) is 5.73 Å². The van der Waals surface area contributed by atoms with Crippen LogP contribution in [0.4, 0.5) is 16.3 Å². The number of hydrogen-bond donors (Lipinski definition) is 3. The van der Waals surface area contributed by atoms with Gasteiger partial charge in [0.05, 0.1) is 6.20 Å². The lowest BCUT2D eigenvalue weighted by Crippen LogP contribution is -2.19. The van der Waals surface area contributed by atoms with E-state index in [4.69, 9.17) is 10.5 Å². The molecule has 3 amide bonds. The molecule has 0 unspecified atom stereocenters. The Bertz CT molecular complexity index is 581. The Morgan fingerprint density at radius 1 is 1.05 bits per heavy atom. The van der Waals surface area contributed by atoms with Crippen molar-refractivity contribution in [1.82, 2.24) is 4.98 Å². The van der Waals surface area contributed by atoms with Crippen LogP contribution in [0.5, 0.6) is 11.5 Å². The Morgan fingerprint density at radius 2 is 1.71 bits per heavy atom. The predicted octanol–water partition coefficient (Wildman–Crippen LogP) is 2.32. The molecule has 0 bridgehead atoms. The lowest BCUT2D eigenvalue weighted by molar-refractivity contribution is -0.114. The van der Waals surface area contributed by atoms with Gasteiger partial charge in [0.15, 0.2) is 0 Å². The second kappa shape index (κ2) is 6.38. The van der Waals surface area contributed by atoms with Gasteiger partial charge in [-0.2, -0.15) is 0 Å². The minimum Gasteiger partial charge on any atom is -0.456 e. The number of pyridine rings is 1. The summed E-state index contributed by atoms with van der Waals surface area (Å²) in [5.74, 6) is 1.32. The Kier molecular flexibility index (Phi) is 4.35. The summed E-state index contributed by atoms with van der Waals surface area (Å²) in [5.41, 5.74) is 5.67. The van der Waals surface area contributed by atoms with Crippen molar-refractivity contribution in [3.8, 4) is 11.5 Å². The highest BCUT2D eigenvalue weighted by Crippen LogP contribution is 2.23. The minimum atomic E-state index is -0.676. The number of urea groups is 1. The van der Waals surface area contributed by atoms with E-state index in [0.29, 0.717) is 23.0 Å². The highest BCUT2D eigenvalue weighted by Gasteiger charge is 2.01. The number of anilines is 2. The van der Waals surface area contributed by atoms with E-state index in [1.54, 1.807) is 36.4 Å². The molecule has 7 nitrogen and oxygen atoms in total. The maximum absolute atomic E-state index is 10.9. The summed E-state index contributed by atoms with van der Waals surface area (Å²) in [6.45, 7) is 1.44. The fraction of sp³-hybridized carbons (Fsp3) is 0.0714. The van der Waals surface area contributed by atoms with Gasteiger partial charge in [0, 0.05) is 12.6 Å². The van der Waals surface area contributed by atoms with Crippen LogP contribution in [-0.2, 0) is 4.79 Å². The van der Waals surface area contributed by atoms with Gasteiger partial charge in [-0.1, -0.05) is 0 Å². The number of nitrogens with one attached hydrogen (secondary N) is 2. The van der Waals surface area contributed by atoms with E-state index in [1.807, 2.05) is 0 Å². The van der Waals surface area contributed by atoms with Crippen LogP contribution in [0.2, 0.25) is 0 Å². The van der Waals surface area contributed by atoms with Crippen LogP contribution in [0.3, 0.4) is 0 Å². The van der Waals surface area contributed by atoms with E-state index in [2.05, 4.69) is 15.6 Å². The fourth-order valence-electron chi connectivity index (χ4n) is 1.59. The molecule has 0 spiro atoms. The van der Waals surface area contributed by atoms with Crippen LogP contribution in [-0.4, -0.2) is 16.9 Å². The molecule has 2 rings (SSSR count). The normalized spacial score (nSPS) is 9.76. The summed E-state index contributed by atoms with van der Waals surface area (Å²) in [5, 5.41) is 5.02. The number of carbonyl (C=O) groups is 2. The monoisotopic (exact) mass is 286 g/mol. The first-order valence-electron chi connectivity index (χ1n) is 6.11. The van der Waals surface area contributed by atoms with Crippen LogP contribution in [0.15, 0.2) is 42.6 Å². The maximum Gasteiger partial charge on any atom is 0.317 e. The van der Waals surface area contributed by atoms with Gasteiger partial charge >= 0.3 is 6.03 Å². The van der Waals surface area contributed by atoms with Gasteiger partial charge in [-0.05, 0) is 36.4 Å². The van der Waals surface area contributed by atoms with Crippen molar-refractivity contribution in [1.29, 1.82) is 0 Å². The van der Waals surface area contributed by atoms with E-state index >= 15 is 0 Å². The molecule has 1 aromatic carbocycles. The van der Waals surface area contributed by atoms with Gasteiger partial charge in [-0.3, -0.25) is 10.1 Å². The molecule has 1 heterocycles. The Morgan fingerprint density at radius 3 is 2.24 bits per heavy atom. The highest BCUT2D eigenvalue weighted by atomic mass is 16.5. The third kappa shape index (κ3) is 4.50. The molecule has 0 aliphatic rings. The van der Waals surface area contributed by atoms with Crippen molar-refractivity contribution in [3.05, 3.63) is 42.6 Å².